The number of hydrogen-bond donors (Lipinski definition) is 2. The van der Waals surface area contributed by atoms with Crippen LogP contribution < -0.4 is 11.1 Å². The van der Waals surface area contributed by atoms with Gasteiger partial charge in [-0.3, -0.25) is 9.78 Å². The number of fused-ring (bicyclic) bond motifs is 1. The molecule has 3 N–H and O–H groups in total. The minimum atomic E-state index is -0.207. The van der Waals surface area contributed by atoms with Gasteiger partial charge >= 0.3 is 0 Å². The fourth-order valence-corrected chi connectivity index (χ4v) is 4.96. The average molecular weight is 467 g/mol. The number of nitrogens with zero attached hydrogens (tertiary/aromatic N) is 4. The predicted molar refractivity (Wildman–Crippen MR) is 138 cm³/mol. The summed E-state index contributed by atoms with van der Waals surface area (Å²) in [5.41, 5.74) is 12.1. The molecule has 0 aliphatic heterocycles. The Hall–Kier alpha value is -4.30. The molecule has 0 saturated carbocycles. The van der Waals surface area contributed by atoms with Gasteiger partial charge in [0.25, 0.3) is 5.91 Å². The number of amides is 1. The second-order valence-corrected chi connectivity index (χ2v) is 9.01. The number of carbonyl (C=O) groups excluding carboxylic acids is 1. The Kier molecular flexibility index (Phi) is 5.43. The average Bonchev–Trinajstić information content (AvgIpc) is 3.44. The van der Waals surface area contributed by atoms with Crippen LogP contribution in [-0.4, -0.2) is 25.4 Å². The van der Waals surface area contributed by atoms with Crippen LogP contribution in [0, 0.1) is 0 Å². The summed E-state index contributed by atoms with van der Waals surface area (Å²) >= 11 is 1.65. The Morgan fingerprint density at radius 1 is 1.03 bits per heavy atom. The van der Waals surface area contributed by atoms with Crippen LogP contribution in [0.1, 0.15) is 6.92 Å². The van der Waals surface area contributed by atoms with E-state index in [1.165, 1.54) is 6.33 Å². The summed E-state index contributed by atoms with van der Waals surface area (Å²) in [5, 5.41) is 3.66. The first kappa shape index (κ1) is 21.5. The quantitative estimate of drug-likeness (QED) is 0.332. The van der Waals surface area contributed by atoms with E-state index in [0.29, 0.717) is 17.1 Å². The first-order chi connectivity index (χ1) is 16.4. The summed E-state index contributed by atoms with van der Waals surface area (Å²) in [4.78, 5) is 27.3. The number of nitrogens with two attached hydrogens (primary N) is 1. The van der Waals surface area contributed by atoms with Crippen LogP contribution in [0.25, 0.3) is 43.3 Å². The van der Waals surface area contributed by atoms with Crippen LogP contribution in [0.2, 0.25) is 0 Å². The number of anilines is 2. The van der Waals surface area contributed by atoms with Crippen molar-refractivity contribution in [1.82, 2.24) is 19.5 Å². The minimum absolute atomic E-state index is 0.207. The van der Waals surface area contributed by atoms with E-state index in [2.05, 4.69) is 39.0 Å². The Morgan fingerprint density at radius 3 is 2.50 bits per heavy atom. The molecular formula is C26H22N6OS. The highest BCUT2D eigenvalue weighted by Crippen LogP contribution is 2.45. The molecule has 0 unspecified atom stereocenters. The van der Waals surface area contributed by atoms with Crippen molar-refractivity contribution in [3.05, 3.63) is 79.3 Å². The zero-order valence-corrected chi connectivity index (χ0v) is 19.6. The molecule has 5 aromatic rings. The van der Waals surface area contributed by atoms with Crippen molar-refractivity contribution in [2.24, 2.45) is 7.05 Å². The van der Waals surface area contributed by atoms with E-state index in [-0.39, 0.29) is 5.91 Å². The van der Waals surface area contributed by atoms with Crippen molar-refractivity contribution in [1.29, 1.82) is 0 Å². The number of nitrogen functional groups attached to an aromatic ring is 1. The largest absolute Gasteiger partial charge is 0.383 e. The van der Waals surface area contributed by atoms with Crippen molar-refractivity contribution < 1.29 is 4.79 Å². The highest BCUT2D eigenvalue weighted by molar-refractivity contribution is 7.19. The molecule has 0 radical (unpaired) electrons. The van der Waals surface area contributed by atoms with Gasteiger partial charge in [0.2, 0.25) is 0 Å². The van der Waals surface area contributed by atoms with Gasteiger partial charge in [-0.15, -0.1) is 11.3 Å². The molecule has 4 aromatic heterocycles. The van der Waals surface area contributed by atoms with Crippen molar-refractivity contribution in [2.75, 3.05) is 11.1 Å². The number of nitrogens with one attached hydrogen (secondary N) is 1. The van der Waals surface area contributed by atoms with Crippen LogP contribution in [0.4, 0.5) is 11.5 Å². The number of rotatable bonds is 5. The molecule has 0 fully saturated rings. The van der Waals surface area contributed by atoms with Gasteiger partial charge in [-0.05, 0) is 48.9 Å². The molecule has 8 heteroatoms. The van der Waals surface area contributed by atoms with Gasteiger partial charge in [0.1, 0.15) is 17.8 Å². The fourth-order valence-electron chi connectivity index (χ4n) is 3.92. The van der Waals surface area contributed by atoms with E-state index < -0.39 is 0 Å². The maximum Gasteiger partial charge on any atom is 0.250 e. The maximum absolute atomic E-state index is 12.0. The first-order valence-corrected chi connectivity index (χ1v) is 11.4. The first-order valence-electron chi connectivity index (χ1n) is 10.6. The summed E-state index contributed by atoms with van der Waals surface area (Å²) in [6.07, 6.45) is 3.27. The number of aryl methyl sites for hydroxylation is 1. The molecule has 0 spiro atoms. The standard InChI is InChI=1S/C26H22N6OS/c1-15(2)26(33)31-17-9-7-16(8-10-17)23-21(22-24(27)29-14-30-25(22)32(23)3)20-12-11-19(34-20)18-6-4-5-13-28-18/h4-14H,1H2,2-3H3,(H,31,33)(H2,27,29,30). The van der Waals surface area contributed by atoms with E-state index in [0.717, 1.165) is 43.3 Å². The number of aromatic nitrogens is 4. The number of benzene rings is 1. The monoisotopic (exact) mass is 466 g/mol. The summed E-state index contributed by atoms with van der Waals surface area (Å²) in [5.74, 6) is 0.224. The lowest BCUT2D eigenvalue weighted by Gasteiger charge is -2.10. The Morgan fingerprint density at radius 2 is 1.79 bits per heavy atom. The highest BCUT2D eigenvalue weighted by Gasteiger charge is 2.23. The molecule has 7 nitrogen and oxygen atoms in total. The van der Waals surface area contributed by atoms with Gasteiger partial charge in [-0.1, -0.05) is 24.8 Å². The van der Waals surface area contributed by atoms with Crippen LogP contribution in [0.15, 0.2) is 79.3 Å². The van der Waals surface area contributed by atoms with Gasteiger partial charge in [-0.2, -0.15) is 0 Å². The van der Waals surface area contributed by atoms with Gasteiger partial charge in [-0.25, -0.2) is 9.97 Å². The lowest BCUT2D eigenvalue weighted by Crippen LogP contribution is -2.11. The smallest absolute Gasteiger partial charge is 0.250 e. The molecule has 4 heterocycles. The molecule has 5 rings (SSSR count). The fraction of sp³-hybridized carbons (Fsp3) is 0.0769. The minimum Gasteiger partial charge on any atom is -0.383 e. The molecule has 0 atom stereocenters. The molecule has 1 amide bonds. The van der Waals surface area contributed by atoms with E-state index in [9.17, 15) is 4.79 Å². The van der Waals surface area contributed by atoms with E-state index in [1.807, 2.05) is 54.1 Å². The summed E-state index contributed by atoms with van der Waals surface area (Å²) in [6, 6.07) is 17.7. The lowest BCUT2D eigenvalue weighted by molar-refractivity contribution is -0.112. The van der Waals surface area contributed by atoms with Crippen molar-refractivity contribution >= 4 is 39.8 Å². The van der Waals surface area contributed by atoms with E-state index in [1.54, 1.807) is 24.5 Å². The maximum atomic E-state index is 12.0. The molecule has 0 aliphatic carbocycles. The molecule has 0 bridgehead atoms. The van der Waals surface area contributed by atoms with Gasteiger partial charge in [0.05, 0.1) is 21.7 Å². The normalized spacial score (nSPS) is 11.0. The number of hydrogen-bond acceptors (Lipinski definition) is 6. The van der Waals surface area contributed by atoms with Crippen LogP contribution in [-0.2, 0) is 11.8 Å². The molecular weight excluding hydrogens is 444 g/mol. The molecule has 0 aliphatic rings. The zero-order valence-electron chi connectivity index (χ0n) is 18.7. The van der Waals surface area contributed by atoms with Crippen LogP contribution in [0.3, 0.4) is 0 Å². The molecule has 1 aromatic carbocycles. The number of thiophene rings is 1. The second kappa shape index (κ2) is 8.57. The Balaban J connectivity index is 1.66. The summed E-state index contributed by atoms with van der Waals surface area (Å²) in [7, 11) is 1.97. The van der Waals surface area contributed by atoms with Gasteiger partial charge < -0.3 is 15.6 Å². The molecule has 34 heavy (non-hydrogen) atoms. The van der Waals surface area contributed by atoms with E-state index in [4.69, 9.17) is 5.73 Å². The van der Waals surface area contributed by atoms with Gasteiger partial charge in [0.15, 0.2) is 0 Å². The summed E-state index contributed by atoms with van der Waals surface area (Å²) < 4.78 is 2.03. The van der Waals surface area contributed by atoms with Gasteiger partial charge in [0, 0.05) is 34.9 Å². The predicted octanol–water partition coefficient (Wildman–Crippen LogP) is 5.52. The Labute approximate surface area is 200 Å². The second-order valence-electron chi connectivity index (χ2n) is 7.93. The zero-order chi connectivity index (χ0) is 23.8. The third kappa shape index (κ3) is 3.74. The topological polar surface area (TPSA) is 98.7 Å². The van der Waals surface area contributed by atoms with Crippen molar-refractivity contribution in [2.45, 2.75) is 6.92 Å². The third-order valence-corrected chi connectivity index (χ3v) is 6.70. The van der Waals surface area contributed by atoms with Crippen molar-refractivity contribution in [3.8, 4) is 32.3 Å². The Bertz CT molecular complexity index is 1530. The van der Waals surface area contributed by atoms with E-state index >= 15 is 0 Å². The number of carbonyl (C=O) groups is 1. The highest BCUT2D eigenvalue weighted by atomic mass is 32.1. The SMILES string of the molecule is C=C(C)C(=O)Nc1ccc(-c2c(-c3ccc(-c4ccccn4)s3)c3c(N)ncnc3n2C)cc1. The van der Waals surface area contributed by atoms with Crippen molar-refractivity contribution in [3.63, 3.8) is 0 Å². The third-order valence-electron chi connectivity index (χ3n) is 5.57. The number of pyridine rings is 1. The molecule has 0 saturated heterocycles. The molecule has 168 valence electrons. The van der Waals surface area contributed by atoms with Crippen LogP contribution in [0.5, 0.6) is 0 Å². The lowest BCUT2D eigenvalue weighted by atomic mass is 10.0. The van der Waals surface area contributed by atoms with Crippen LogP contribution >= 0.6 is 11.3 Å². The summed E-state index contributed by atoms with van der Waals surface area (Å²) in [6.45, 7) is 5.36.